The molecule has 1 fully saturated rings. The first-order chi connectivity index (χ1) is 12.9. The van der Waals surface area contributed by atoms with E-state index in [0.717, 1.165) is 43.1 Å². The second-order valence-corrected chi connectivity index (χ2v) is 7.12. The number of halogens is 3. The summed E-state index contributed by atoms with van der Waals surface area (Å²) in [6, 6.07) is 5.99. The maximum atomic E-state index is 12.7. The highest BCUT2D eigenvalue weighted by Crippen LogP contribution is 2.39. The Bertz CT molecular complexity index is 768. The summed E-state index contributed by atoms with van der Waals surface area (Å²) < 4.78 is 43.8. The Kier molecular flexibility index (Phi) is 4.67. The molecule has 0 saturated heterocycles. The van der Waals surface area contributed by atoms with E-state index in [1.54, 1.807) is 6.07 Å². The van der Waals surface area contributed by atoms with Crippen LogP contribution in [-0.2, 0) is 0 Å². The van der Waals surface area contributed by atoms with Crippen LogP contribution in [0, 0.1) is 0 Å². The largest absolute Gasteiger partial charge is 0.441 e. The molecule has 146 valence electrons. The standard InChI is InChI=1S/C19H22F3N3O2/c20-19(21,22)12-1-8-18(23-10-12)27-15-6-7-16-17(9-15)25(11-24-16)13-2-4-14(26)5-3-13/h1,6-9,13-14,23-24,26H,2-5,10-11H2. The summed E-state index contributed by atoms with van der Waals surface area (Å²) in [5.74, 6) is 0.863. The molecule has 0 radical (unpaired) electrons. The molecule has 8 heteroatoms. The Morgan fingerprint density at radius 3 is 2.52 bits per heavy atom. The molecule has 1 aromatic carbocycles. The normalized spacial score (nSPS) is 25.1. The van der Waals surface area contributed by atoms with Crippen molar-refractivity contribution in [2.75, 3.05) is 23.4 Å². The average Bonchev–Trinajstić information content (AvgIpc) is 3.05. The number of nitrogens with zero attached hydrogens (tertiary/aromatic N) is 1. The highest BCUT2D eigenvalue weighted by molar-refractivity contribution is 5.76. The molecule has 0 aromatic heterocycles. The van der Waals surface area contributed by atoms with Crippen LogP contribution in [0.5, 0.6) is 5.75 Å². The van der Waals surface area contributed by atoms with E-state index in [1.807, 2.05) is 12.1 Å². The lowest BCUT2D eigenvalue weighted by Gasteiger charge is -2.34. The molecular weight excluding hydrogens is 359 g/mol. The predicted octanol–water partition coefficient (Wildman–Crippen LogP) is 3.49. The third kappa shape index (κ3) is 3.85. The third-order valence-corrected chi connectivity index (χ3v) is 5.31. The maximum Gasteiger partial charge on any atom is 0.414 e. The number of ether oxygens (including phenoxy) is 1. The molecule has 3 aliphatic rings. The third-order valence-electron chi connectivity index (χ3n) is 5.31. The Labute approximate surface area is 155 Å². The molecule has 3 N–H and O–H groups in total. The van der Waals surface area contributed by atoms with Crippen molar-refractivity contribution in [3.8, 4) is 5.75 Å². The summed E-state index contributed by atoms with van der Waals surface area (Å²) in [5, 5.41) is 15.7. The van der Waals surface area contributed by atoms with Crippen molar-refractivity contribution in [3.05, 3.63) is 41.8 Å². The summed E-state index contributed by atoms with van der Waals surface area (Å²) in [6.07, 6.45) is 1.29. The van der Waals surface area contributed by atoms with Gasteiger partial charge in [0.05, 0.1) is 29.7 Å². The molecule has 1 saturated carbocycles. The summed E-state index contributed by atoms with van der Waals surface area (Å²) >= 11 is 0. The second kappa shape index (κ2) is 6.99. The fraction of sp³-hybridized carbons (Fsp3) is 0.474. The van der Waals surface area contributed by atoms with E-state index in [9.17, 15) is 18.3 Å². The Balaban J connectivity index is 1.48. The molecule has 2 heterocycles. The monoisotopic (exact) mass is 381 g/mol. The van der Waals surface area contributed by atoms with Gasteiger partial charge in [-0.2, -0.15) is 13.2 Å². The maximum absolute atomic E-state index is 12.7. The predicted molar refractivity (Wildman–Crippen MR) is 96.5 cm³/mol. The molecule has 1 aromatic rings. The van der Waals surface area contributed by atoms with Gasteiger partial charge in [-0.05, 0) is 50.0 Å². The van der Waals surface area contributed by atoms with Crippen LogP contribution in [0.4, 0.5) is 24.5 Å². The van der Waals surface area contributed by atoms with Crippen LogP contribution in [0.25, 0.3) is 0 Å². The minimum Gasteiger partial charge on any atom is -0.441 e. The van der Waals surface area contributed by atoms with E-state index >= 15 is 0 Å². The number of rotatable bonds is 3. The number of fused-ring (bicyclic) bond motifs is 1. The van der Waals surface area contributed by atoms with Crippen molar-refractivity contribution in [3.63, 3.8) is 0 Å². The molecule has 5 nitrogen and oxygen atoms in total. The summed E-state index contributed by atoms with van der Waals surface area (Å²) in [6.45, 7) is 0.399. The van der Waals surface area contributed by atoms with Gasteiger partial charge < -0.3 is 25.4 Å². The van der Waals surface area contributed by atoms with Crippen LogP contribution in [0.2, 0.25) is 0 Å². The van der Waals surface area contributed by atoms with Crippen LogP contribution in [0.1, 0.15) is 25.7 Å². The zero-order valence-electron chi connectivity index (χ0n) is 14.7. The zero-order valence-corrected chi connectivity index (χ0v) is 14.7. The van der Waals surface area contributed by atoms with Gasteiger partial charge in [0.15, 0.2) is 5.88 Å². The van der Waals surface area contributed by atoms with E-state index < -0.39 is 11.7 Å². The second-order valence-electron chi connectivity index (χ2n) is 7.12. The first-order valence-corrected chi connectivity index (χ1v) is 9.12. The lowest BCUT2D eigenvalue weighted by Crippen LogP contribution is -2.38. The summed E-state index contributed by atoms with van der Waals surface area (Å²) in [5.41, 5.74) is 1.41. The SMILES string of the molecule is OC1CCC(N2CNc3ccc(OC4=CC=C(C(F)(F)F)CN4)cc32)CC1. The number of hydrogen-bond donors (Lipinski definition) is 3. The van der Waals surface area contributed by atoms with Gasteiger partial charge in [-0.3, -0.25) is 0 Å². The molecular formula is C19H22F3N3O2. The summed E-state index contributed by atoms with van der Waals surface area (Å²) in [7, 11) is 0. The van der Waals surface area contributed by atoms with Gasteiger partial charge in [-0.1, -0.05) is 0 Å². The number of aliphatic hydroxyl groups excluding tert-OH is 1. The van der Waals surface area contributed by atoms with E-state index in [4.69, 9.17) is 4.74 Å². The van der Waals surface area contributed by atoms with Crippen molar-refractivity contribution in [1.29, 1.82) is 0 Å². The number of aliphatic hydroxyl groups is 1. The van der Waals surface area contributed by atoms with Gasteiger partial charge in [0.25, 0.3) is 0 Å². The van der Waals surface area contributed by atoms with E-state index in [0.29, 0.717) is 24.3 Å². The number of allylic oxidation sites excluding steroid dienone is 2. The van der Waals surface area contributed by atoms with Crippen molar-refractivity contribution in [1.82, 2.24) is 5.32 Å². The van der Waals surface area contributed by atoms with E-state index in [1.165, 1.54) is 6.08 Å². The number of anilines is 2. The highest BCUT2D eigenvalue weighted by Gasteiger charge is 2.34. The fourth-order valence-electron chi connectivity index (χ4n) is 3.78. The Hall–Kier alpha value is -2.35. The molecule has 0 amide bonds. The number of alkyl halides is 3. The van der Waals surface area contributed by atoms with Gasteiger partial charge in [0, 0.05) is 18.7 Å². The van der Waals surface area contributed by atoms with Crippen LogP contribution >= 0.6 is 0 Å². The van der Waals surface area contributed by atoms with Gasteiger partial charge in [-0.25, -0.2) is 0 Å². The van der Waals surface area contributed by atoms with Crippen molar-refractivity contribution >= 4 is 11.4 Å². The van der Waals surface area contributed by atoms with Crippen LogP contribution in [-0.4, -0.2) is 36.6 Å². The van der Waals surface area contributed by atoms with Crippen LogP contribution < -0.4 is 20.3 Å². The van der Waals surface area contributed by atoms with Gasteiger partial charge in [0.1, 0.15) is 5.75 Å². The van der Waals surface area contributed by atoms with Crippen molar-refractivity contribution in [2.45, 2.75) is 44.0 Å². The Morgan fingerprint density at radius 1 is 1.07 bits per heavy atom. The molecule has 4 rings (SSSR count). The van der Waals surface area contributed by atoms with Gasteiger partial charge >= 0.3 is 6.18 Å². The summed E-state index contributed by atoms with van der Waals surface area (Å²) in [4.78, 5) is 2.28. The minimum absolute atomic E-state index is 0.204. The van der Waals surface area contributed by atoms with E-state index in [-0.39, 0.29) is 12.6 Å². The first kappa shape index (κ1) is 18.0. The smallest absolute Gasteiger partial charge is 0.414 e. The van der Waals surface area contributed by atoms with Crippen molar-refractivity contribution in [2.24, 2.45) is 0 Å². The highest BCUT2D eigenvalue weighted by atomic mass is 19.4. The minimum atomic E-state index is -4.33. The lowest BCUT2D eigenvalue weighted by molar-refractivity contribution is -0.0931. The molecule has 0 unspecified atom stereocenters. The lowest BCUT2D eigenvalue weighted by atomic mass is 9.92. The quantitative estimate of drug-likeness (QED) is 0.748. The average molecular weight is 381 g/mol. The van der Waals surface area contributed by atoms with Crippen LogP contribution in [0.3, 0.4) is 0 Å². The molecule has 27 heavy (non-hydrogen) atoms. The first-order valence-electron chi connectivity index (χ1n) is 9.12. The van der Waals surface area contributed by atoms with E-state index in [2.05, 4.69) is 15.5 Å². The topological polar surface area (TPSA) is 56.8 Å². The number of dihydropyridines is 1. The van der Waals surface area contributed by atoms with Crippen molar-refractivity contribution < 1.29 is 23.0 Å². The Morgan fingerprint density at radius 2 is 1.85 bits per heavy atom. The number of nitrogens with one attached hydrogen (secondary N) is 2. The zero-order chi connectivity index (χ0) is 19.0. The van der Waals surface area contributed by atoms with Gasteiger partial charge in [-0.15, -0.1) is 0 Å². The van der Waals surface area contributed by atoms with Crippen LogP contribution in [0.15, 0.2) is 41.8 Å². The molecule has 0 spiro atoms. The fourth-order valence-corrected chi connectivity index (χ4v) is 3.78. The molecule has 0 atom stereocenters. The molecule has 1 aliphatic carbocycles. The molecule has 2 aliphatic heterocycles. The molecule has 0 bridgehead atoms. The number of hydrogen-bond acceptors (Lipinski definition) is 5. The van der Waals surface area contributed by atoms with Gasteiger partial charge in [0.2, 0.25) is 0 Å². The number of benzene rings is 1.